The Balaban J connectivity index is 1.06. The zero-order valence-electron chi connectivity index (χ0n) is 34.0. The smallest absolute Gasteiger partial charge is 0.294 e. The Morgan fingerprint density at radius 3 is 1.34 bits per heavy atom. The molecule has 15 nitrogen and oxygen atoms in total. The second-order valence-corrected chi connectivity index (χ2v) is 17.7. The molecule has 17 heteroatoms. The van der Waals surface area contributed by atoms with Crippen LogP contribution in [0, 0.1) is 0 Å². The Bertz CT molecular complexity index is 3710. The van der Waals surface area contributed by atoms with Crippen LogP contribution in [-0.4, -0.2) is 43.3 Å². The van der Waals surface area contributed by atoms with E-state index in [0.717, 1.165) is 27.6 Å². The number of methoxy groups -OCH3 is 1. The number of hydrogen-bond acceptors (Lipinski definition) is 13. The first kappa shape index (κ1) is 42.3. The van der Waals surface area contributed by atoms with Crippen molar-refractivity contribution >= 4 is 97.5 Å². The highest BCUT2D eigenvalue weighted by Crippen LogP contribution is 2.42. The van der Waals surface area contributed by atoms with Crippen LogP contribution in [0.25, 0.3) is 43.1 Å². The quantitative estimate of drug-likeness (QED) is 0.0713. The highest BCUT2D eigenvalue weighted by Gasteiger charge is 2.17. The molecule has 0 fully saturated rings. The van der Waals surface area contributed by atoms with Crippen molar-refractivity contribution in [3.63, 3.8) is 0 Å². The lowest BCUT2D eigenvalue weighted by molar-refractivity contribution is 0.414. The molecule has 0 atom stereocenters. The first-order valence-electron chi connectivity index (χ1n) is 19.7. The van der Waals surface area contributed by atoms with Gasteiger partial charge in [-0.25, -0.2) is 0 Å². The van der Waals surface area contributed by atoms with Crippen LogP contribution >= 0.6 is 0 Å². The number of azo groups is 3. The normalized spacial score (nSPS) is 12.5. The molecule has 0 aromatic heterocycles. The molecular weight excluding hydrogens is 869 g/mol. The van der Waals surface area contributed by atoms with Gasteiger partial charge in [0.05, 0.1) is 39.7 Å². The van der Waals surface area contributed by atoms with Crippen LogP contribution in [0.3, 0.4) is 0 Å². The van der Waals surface area contributed by atoms with E-state index in [2.05, 4.69) is 30.7 Å². The van der Waals surface area contributed by atoms with Gasteiger partial charge in [0.2, 0.25) is 0 Å². The van der Waals surface area contributed by atoms with Crippen LogP contribution in [-0.2, 0) is 26.7 Å². The third-order valence-corrected chi connectivity index (χ3v) is 12.5. The van der Waals surface area contributed by atoms with E-state index in [4.69, 9.17) is 4.74 Å². The van der Waals surface area contributed by atoms with Crippen molar-refractivity contribution in [2.75, 3.05) is 7.11 Å². The summed E-state index contributed by atoms with van der Waals surface area (Å²) in [6.45, 7) is 0. The second-order valence-electron chi connectivity index (χ2n) is 14.8. The summed E-state index contributed by atoms with van der Waals surface area (Å²) >= 11 is 0. The number of ether oxygens (including phenoxy) is 1. The Kier molecular flexibility index (Phi) is 11.1. The molecule has 0 saturated heterocycles. The Morgan fingerprint density at radius 2 is 0.831 bits per heavy atom. The van der Waals surface area contributed by atoms with Gasteiger partial charge in [0.15, 0.2) is 11.5 Å². The van der Waals surface area contributed by atoms with Crippen LogP contribution < -0.4 is 4.74 Å². The molecule has 0 heterocycles. The largest absolute Gasteiger partial charge is 0.505 e. The molecule has 322 valence electrons. The monoisotopic (exact) mass is 902 g/mol. The van der Waals surface area contributed by atoms with Crippen molar-refractivity contribution < 1.29 is 40.9 Å². The molecule has 0 bridgehead atoms. The van der Waals surface area contributed by atoms with Crippen molar-refractivity contribution in [3.05, 3.63) is 163 Å². The van der Waals surface area contributed by atoms with Crippen LogP contribution in [0.15, 0.2) is 192 Å². The molecule has 9 aromatic carbocycles. The molecule has 0 radical (unpaired) electrons. The number of nitrogens with zero attached hydrogens (tertiary/aromatic N) is 6. The van der Waals surface area contributed by atoms with E-state index in [9.17, 15) is 36.2 Å². The summed E-state index contributed by atoms with van der Waals surface area (Å²) in [4.78, 5) is -0.826. The van der Waals surface area contributed by atoms with Gasteiger partial charge >= 0.3 is 0 Å². The van der Waals surface area contributed by atoms with Gasteiger partial charge in [0.25, 0.3) is 20.2 Å². The third kappa shape index (κ3) is 8.71. The van der Waals surface area contributed by atoms with E-state index >= 15 is 0 Å². The van der Waals surface area contributed by atoms with Crippen molar-refractivity contribution in [3.8, 4) is 17.2 Å². The van der Waals surface area contributed by atoms with E-state index in [-0.39, 0.29) is 50.7 Å². The average molecular weight is 903 g/mol. The topological polar surface area (TPSA) is 233 Å². The Hall–Kier alpha value is -7.96. The average Bonchev–Trinajstić information content (AvgIpc) is 3.30. The fraction of sp³-hybridized carbons (Fsp3) is 0.0417. The van der Waals surface area contributed by atoms with E-state index in [1.54, 1.807) is 55.6 Å². The summed E-state index contributed by atoms with van der Waals surface area (Å²) in [5.41, 5.74) is 3.34. The lowest BCUT2D eigenvalue weighted by Crippen LogP contribution is -1.97. The number of benzene rings is 9. The van der Waals surface area contributed by atoms with Gasteiger partial charge in [-0.1, -0.05) is 78.9 Å². The first-order chi connectivity index (χ1) is 31.2. The predicted molar refractivity (Wildman–Crippen MR) is 247 cm³/mol. The molecule has 0 aliphatic rings. The number of phenolic OH excluding ortho intramolecular Hbond substituents is 2. The molecule has 0 aliphatic heterocycles. The van der Waals surface area contributed by atoms with Gasteiger partial charge in [-0.2, -0.15) is 16.8 Å². The fourth-order valence-corrected chi connectivity index (χ4v) is 8.44. The summed E-state index contributed by atoms with van der Waals surface area (Å²) < 4.78 is 74.1. The lowest BCUT2D eigenvalue weighted by Gasteiger charge is -2.09. The molecule has 9 rings (SSSR count). The summed E-state index contributed by atoms with van der Waals surface area (Å²) in [6.07, 6.45) is 0.668. The van der Waals surface area contributed by atoms with E-state index in [1.165, 1.54) is 48.5 Å². The standard InChI is InChI=1S/C48H34N6O9S2/c1-63-32-11-6-28(7-12-32)24-29-8-15-36-31(25-29)10-19-46(48(36)56)54-52-44-23-20-41(37-16-13-34(27-40(37)44)65(60,61)62)49-51-43-22-21-42(38-17-14-33(26-39(38)43)64(57,58)59)50-53-45-18-9-30-4-2-3-5-35(30)47(45)55/h2-23,25-27,55-56H,24H2,1H3,(H,57,58,59)(H,60,61,62). The highest BCUT2D eigenvalue weighted by atomic mass is 32.2. The summed E-state index contributed by atoms with van der Waals surface area (Å²) in [5.74, 6) is 0.586. The van der Waals surface area contributed by atoms with E-state index < -0.39 is 30.0 Å². The van der Waals surface area contributed by atoms with Gasteiger partial charge < -0.3 is 14.9 Å². The minimum Gasteiger partial charge on any atom is -0.505 e. The summed E-state index contributed by atoms with van der Waals surface area (Å²) in [6, 6.07) is 41.4. The molecule has 65 heavy (non-hydrogen) atoms. The van der Waals surface area contributed by atoms with Gasteiger partial charge in [0.1, 0.15) is 17.1 Å². The van der Waals surface area contributed by atoms with Crippen molar-refractivity contribution in [2.24, 2.45) is 30.7 Å². The van der Waals surface area contributed by atoms with Crippen LogP contribution in [0.4, 0.5) is 34.1 Å². The van der Waals surface area contributed by atoms with E-state index in [0.29, 0.717) is 33.7 Å². The number of phenols is 2. The Morgan fingerprint density at radius 1 is 0.415 bits per heavy atom. The van der Waals surface area contributed by atoms with Crippen LogP contribution in [0.2, 0.25) is 0 Å². The minimum absolute atomic E-state index is 0.0681. The molecule has 0 amide bonds. The molecule has 4 N–H and O–H groups in total. The van der Waals surface area contributed by atoms with Crippen molar-refractivity contribution in [2.45, 2.75) is 16.2 Å². The van der Waals surface area contributed by atoms with Crippen LogP contribution in [0.1, 0.15) is 11.1 Å². The predicted octanol–water partition coefficient (Wildman–Crippen LogP) is 13.0. The number of fused-ring (bicyclic) bond motifs is 4. The molecule has 0 saturated carbocycles. The zero-order chi connectivity index (χ0) is 45.5. The molecular formula is C48H34N6O9S2. The van der Waals surface area contributed by atoms with E-state index in [1.807, 2.05) is 54.6 Å². The maximum Gasteiger partial charge on any atom is 0.294 e. The zero-order valence-corrected chi connectivity index (χ0v) is 35.6. The summed E-state index contributed by atoms with van der Waals surface area (Å²) in [7, 11) is -7.68. The Labute approximate surface area is 370 Å². The van der Waals surface area contributed by atoms with Gasteiger partial charge in [-0.15, -0.1) is 30.7 Å². The SMILES string of the molecule is COc1ccc(Cc2ccc3c(O)c(N=Nc4ccc(N=Nc5ccc(N=Nc6ccc7ccccc7c6O)c6ccc(S(=O)(=O)O)cc56)c5ccc(S(=O)(=O)O)cc45)ccc3c2)cc1. The van der Waals surface area contributed by atoms with Gasteiger partial charge in [-0.3, -0.25) is 9.11 Å². The number of rotatable bonds is 11. The maximum atomic E-state index is 12.3. The first-order valence-corrected chi connectivity index (χ1v) is 22.5. The van der Waals surface area contributed by atoms with Crippen LogP contribution in [0.5, 0.6) is 17.2 Å². The minimum atomic E-state index is -4.66. The third-order valence-electron chi connectivity index (χ3n) is 10.8. The fourth-order valence-electron chi connectivity index (χ4n) is 7.43. The number of aromatic hydroxyl groups is 2. The second kappa shape index (κ2) is 17.0. The number of hydrogen-bond donors (Lipinski definition) is 4. The molecule has 0 aliphatic carbocycles. The van der Waals surface area contributed by atoms with Gasteiger partial charge in [0, 0.05) is 32.3 Å². The van der Waals surface area contributed by atoms with Crippen molar-refractivity contribution in [1.29, 1.82) is 0 Å². The summed E-state index contributed by atoms with van der Waals surface area (Å²) in [5, 5.41) is 52.3. The molecule has 0 spiro atoms. The van der Waals surface area contributed by atoms with Crippen molar-refractivity contribution in [1.82, 2.24) is 0 Å². The van der Waals surface area contributed by atoms with Gasteiger partial charge in [-0.05, 0) is 101 Å². The molecule has 0 unspecified atom stereocenters. The maximum absolute atomic E-state index is 12.3. The lowest BCUT2D eigenvalue weighted by atomic mass is 10.0. The highest BCUT2D eigenvalue weighted by molar-refractivity contribution is 7.86. The molecule has 9 aromatic rings.